The minimum atomic E-state index is -0.0342. The summed E-state index contributed by atoms with van der Waals surface area (Å²) in [5.74, 6) is 0.380. The van der Waals surface area contributed by atoms with E-state index in [1.165, 1.54) is 0 Å². The number of aryl methyl sites for hydroxylation is 2. The van der Waals surface area contributed by atoms with Gasteiger partial charge in [0.15, 0.2) is 5.76 Å². The standard InChI is InChI=1S/C15H12O2S/c1-9-7-12(10(2)18-9)15(16)14-8-11-5-3-4-6-13(11)17-14/h3-8H,1-2H3. The third kappa shape index (κ3) is 1.77. The van der Waals surface area contributed by atoms with Gasteiger partial charge < -0.3 is 4.42 Å². The first-order valence-corrected chi connectivity index (χ1v) is 6.57. The van der Waals surface area contributed by atoms with Crippen molar-refractivity contribution in [3.05, 3.63) is 57.5 Å². The number of hydrogen-bond donors (Lipinski definition) is 0. The molecule has 0 unspecified atom stereocenters. The Kier molecular flexibility index (Phi) is 2.56. The van der Waals surface area contributed by atoms with Crippen LogP contribution in [0.2, 0.25) is 0 Å². The summed E-state index contributed by atoms with van der Waals surface area (Å²) >= 11 is 1.64. The minimum Gasteiger partial charge on any atom is -0.453 e. The average Bonchev–Trinajstić information content (AvgIpc) is 2.91. The van der Waals surface area contributed by atoms with E-state index >= 15 is 0 Å². The smallest absolute Gasteiger partial charge is 0.229 e. The van der Waals surface area contributed by atoms with E-state index in [0.717, 1.165) is 26.3 Å². The largest absolute Gasteiger partial charge is 0.453 e. The van der Waals surface area contributed by atoms with Crippen molar-refractivity contribution in [3.63, 3.8) is 0 Å². The van der Waals surface area contributed by atoms with E-state index in [-0.39, 0.29) is 5.78 Å². The summed E-state index contributed by atoms with van der Waals surface area (Å²) < 4.78 is 5.60. The number of ketones is 1. The van der Waals surface area contributed by atoms with Gasteiger partial charge in [-0.15, -0.1) is 11.3 Å². The minimum absolute atomic E-state index is 0.0342. The number of carbonyl (C=O) groups excluding carboxylic acids is 1. The summed E-state index contributed by atoms with van der Waals surface area (Å²) in [6.07, 6.45) is 0. The summed E-state index contributed by atoms with van der Waals surface area (Å²) in [7, 11) is 0. The fraction of sp³-hybridized carbons (Fsp3) is 0.133. The first kappa shape index (κ1) is 11.2. The van der Waals surface area contributed by atoms with E-state index in [0.29, 0.717) is 5.76 Å². The van der Waals surface area contributed by atoms with Crippen molar-refractivity contribution in [1.82, 2.24) is 0 Å². The number of hydrogen-bond acceptors (Lipinski definition) is 3. The summed E-state index contributed by atoms with van der Waals surface area (Å²) in [5.41, 5.74) is 1.50. The Morgan fingerprint density at radius 3 is 2.61 bits per heavy atom. The van der Waals surface area contributed by atoms with Crippen molar-refractivity contribution in [1.29, 1.82) is 0 Å². The van der Waals surface area contributed by atoms with Crippen molar-refractivity contribution < 1.29 is 9.21 Å². The molecule has 3 heteroatoms. The van der Waals surface area contributed by atoms with Crippen LogP contribution in [-0.4, -0.2) is 5.78 Å². The predicted molar refractivity (Wildman–Crippen MR) is 73.4 cm³/mol. The third-order valence-electron chi connectivity index (χ3n) is 2.93. The highest BCUT2D eigenvalue weighted by Gasteiger charge is 2.18. The second-order valence-corrected chi connectivity index (χ2v) is 5.76. The number of para-hydroxylation sites is 1. The van der Waals surface area contributed by atoms with Gasteiger partial charge in [-0.2, -0.15) is 0 Å². The Labute approximate surface area is 109 Å². The van der Waals surface area contributed by atoms with Crippen LogP contribution < -0.4 is 0 Å². The highest BCUT2D eigenvalue weighted by atomic mass is 32.1. The van der Waals surface area contributed by atoms with Crippen molar-refractivity contribution in [2.24, 2.45) is 0 Å². The van der Waals surface area contributed by atoms with Gasteiger partial charge in [0.2, 0.25) is 5.78 Å². The van der Waals surface area contributed by atoms with E-state index in [1.54, 1.807) is 11.3 Å². The third-order valence-corrected chi connectivity index (χ3v) is 3.90. The Balaban J connectivity index is 2.09. The molecule has 0 amide bonds. The van der Waals surface area contributed by atoms with Gasteiger partial charge >= 0.3 is 0 Å². The number of rotatable bonds is 2. The maximum Gasteiger partial charge on any atom is 0.229 e. The number of benzene rings is 1. The van der Waals surface area contributed by atoms with Crippen LogP contribution in [0.4, 0.5) is 0 Å². The summed E-state index contributed by atoms with van der Waals surface area (Å²) in [5, 5.41) is 0.963. The van der Waals surface area contributed by atoms with Crippen LogP contribution >= 0.6 is 11.3 Å². The molecule has 0 radical (unpaired) electrons. The summed E-state index contributed by atoms with van der Waals surface area (Å²) in [6.45, 7) is 3.97. The molecule has 0 aliphatic heterocycles. The molecule has 0 bridgehead atoms. The monoisotopic (exact) mass is 256 g/mol. The van der Waals surface area contributed by atoms with Crippen LogP contribution in [0.25, 0.3) is 11.0 Å². The Bertz CT molecular complexity index is 701. The molecule has 0 fully saturated rings. The molecule has 2 nitrogen and oxygen atoms in total. The lowest BCUT2D eigenvalue weighted by Gasteiger charge is -1.94. The van der Waals surface area contributed by atoms with E-state index < -0.39 is 0 Å². The molecule has 90 valence electrons. The first-order valence-electron chi connectivity index (χ1n) is 5.75. The van der Waals surface area contributed by atoms with Crippen LogP contribution in [-0.2, 0) is 0 Å². The highest BCUT2D eigenvalue weighted by molar-refractivity contribution is 7.12. The van der Waals surface area contributed by atoms with Gasteiger partial charge in [-0.05, 0) is 32.0 Å². The molecule has 1 aromatic carbocycles. The van der Waals surface area contributed by atoms with E-state index in [2.05, 4.69) is 0 Å². The van der Waals surface area contributed by atoms with Gasteiger partial charge in [0.1, 0.15) is 5.58 Å². The molecular weight excluding hydrogens is 244 g/mol. The number of furan rings is 1. The second-order valence-electron chi connectivity index (χ2n) is 4.30. The van der Waals surface area contributed by atoms with Crippen LogP contribution in [0.3, 0.4) is 0 Å². The lowest BCUT2D eigenvalue weighted by atomic mass is 10.1. The van der Waals surface area contributed by atoms with Gasteiger partial charge in [-0.25, -0.2) is 0 Å². The second kappa shape index (κ2) is 4.10. The molecule has 3 aromatic rings. The van der Waals surface area contributed by atoms with Crippen LogP contribution in [0.15, 0.2) is 40.8 Å². The summed E-state index contributed by atoms with van der Waals surface area (Å²) in [6, 6.07) is 11.4. The molecule has 0 aliphatic carbocycles. The van der Waals surface area contributed by atoms with Gasteiger partial charge in [0.05, 0.1) is 0 Å². The van der Waals surface area contributed by atoms with E-state index in [1.807, 2.05) is 50.2 Å². The lowest BCUT2D eigenvalue weighted by Crippen LogP contribution is -1.99. The predicted octanol–water partition coefficient (Wildman–Crippen LogP) is 4.34. The Hall–Kier alpha value is -1.87. The van der Waals surface area contributed by atoms with Crippen molar-refractivity contribution in [2.75, 3.05) is 0 Å². The Morgan fingerprint density at radius 2 is 1.94 bits per heavy atom. The van der Waals surface area contributed by atoms with Crippen LogP contribution in [0.5, 0.6) is 0 Å². The SMILES string of the molecule is Cc1cc(C(=O)c2cc3ccccc3o2)c(C)s1. The summed E-state index contributed by atoms with van der Waals surface area (Å²) in [4.78, 5) is 14.5. The normalized spacial score (nSPS) is 11.0. The molecule has 0 saturated carbocycles. The molecule has 3 rings (SSSR count). The number of thiophene rings is 1. The van der Waals surface area contributed by atoms with Crippen molar-refractivity contribution >= 4 is 28.1 Å². The van der Waals surface area contributed by atoms with Gasteiger partial charge in [-0.1, -0.05) is 18.2 Å². The highest BCUT2D eigenvalue weighted by Crippen LogP contribution is 2.26. The zero-order valence-corrected chi connectivity index (χ0v) is 11.0. The molecule has 0 spiro atoms. The Morgan fingerprint density at radius 1 is 1.17 bits per heavy atom. The van der Waals surface area contributed by atoms with Gasteiger partial charge in [-0.3, -0.25) is 4.79 Å². The first-order chi connectivity index (χ1) is 8.65. The van der Waals surface area contributed by atoms with E-state index in [9.17, 15) is 4.79 Å². The molecular formula is C15H12O2S. The number of fused-ring (bicyclic) bond motifs is 1. The maximum atomic E-state index is 12.4. The molecule has 18 heavy (non-hydrogen) atoms. The van der Waals surface area contributed by atoms with Crippen molar-refractivity contribution in [2.45, 2.75) is 13.8 Å². The zero-order valence-electron chi connectivity index (χ0n) is 10.2. The van der Waals surface area contributed by atoms with Crippen molar-refractivity contribution in [3.8, 4) is 0 Å². The van der Waals surface area contributed by atoms with E-state index in [4.69, 9.17) is 4.42 Å². The molecule has 0 saturated heterocycles. The van der Waals surface area contributed by atoms with Crippen LogP contribution in [0.1, 0.15) is 25.9 Å². The molecule has 2 aromatic heterocycles. The molecule has 0 aliphatic rings. The maximum absolute atomic E-state index is 12.4. The fourth-order valence-electron chi connectivity index (χ4n) is 2.08. The van der Waals surface area contributed by atoms with Crippen LogP contribution in [0, 0.1) is 13.8 Å². The van der Waals surface area contributed by atoms with Gasteiger partial charge in [0.25, 0.3) is 0 Å². The molecule has 2 heterocycles. The lowest BCUT2D eigenvalue weighted by molar-refractivity contribution is 0.101. The molecule has 0 N–H and O–H groups in total. The fourth-order valence-corrected chi connectivity index (χ4v) is 3.00. The molecule has 0 atom stereocenters. The number of carbonyl (C=O) groups is 1. The average molecular weight is 256 g/mol. The van der Waals surface area contributed by atoms with Gasteiger partial charge in [0, 0.05) is 20.7 Å². The topological polar surface area (TPSA) is 30.2 Å². The quantitative estimate of drug-likeness (QED) is 0.638. The zero-order chi connectivity index (χ0) is 12.7.